The molecule has 15 heavy (non-hydrogen) atoms. The van der Waals surface area contributed by atoms with Crippen molar-refractivity contribution in [3.63, 3.8) is 0 Å². The smallest absolute Gasteiger partial charge is 0.0484 e. The summed E-state index contributed by atoms with van der Waals surface area (Å²) in [6, 6.07) is 0.702. The summed E-state index contributed by atoms with van der Waals surface area (Å²) in [6.45, 7) is 5.03. The zero-order chi connectivity index (χ0) is 10.9. The molecule has 2 N–H and O–H groups in total. The van der Waals surface area contributed by atoms with Crippen LogP contribution in [0.2, 0.25) is 0 Å². The van der Waals surface area contributed by atoms with E-state index in [-0.39, 0.29) is 5.54 Å². The van der Waals surface area contributed by atoms with Crippen LogP contribution in [0.3, 0.4) is 0 Å². The minimum atomic E-state index is -0.00382. The highest BCUT2D eigenvalue weighted by Gasteiger charge is 2.35. The van der Waals surface area contributed by atoms with Gasteiger partial charge in [-0.25, -0.2) is 0 Å². The van der Waals surface area contributed by atoms with Gasteiger partial charge in [-0.15, -0.1) is 0 Å². The molecule has 0 aromatic rings. The summed E-state index contributed by atoms with van der Waals surface area (Å²) in [4.78, 5) is 2.45. The molecule has 3 heteroatoms. The summed E-state index contributed by atoms with van der Waals surface area (Å²) in [5, 5.41) is 0. The van der Waals surface area contributed by atoms with Gasteiger partial charge in [-0.2, -0.15) is 0 Å². The molecule has 1 saturated carbocycles. The minimum Gasteiger partial charge on any atom is -0.381 e. The van der Waals surface area contributed by atoms with Gasteiger partial charge in [0.25, 0.3) is 0 Å². The van der Waals surface area contributed by atoms with Crippen molar-refractivity contribution >= 4 is 0 Å². The molecule has 0 aromatic carbocycles. The molecule has 1 heterocycles. The van der Waals surface area contributed by atoms with Gasteiger partial charge in [0.05, 0.1) is 0 Å². The first-order chi connectivity index (χ1) is 7.11. The number of likely N-dealkylation sites (N-methyl/N-ethyl adjacent to an activating group) is 1. The molecule has 1 saturated heterocycles. The summed E-state index contributed by atoms with van der Waals surface area (Å²) in [5.41, 5.74) is 6.39. The molecular weight excluding hydrogens is 188 g/mol. The predicted molar refractivity (Wildman–Crippen MR) is 61.8 cm³/mol. The van der Waals surface area contributed by atoms with Crippen molar-refractivity contribution in [2.75, 3.05) is 26.8 Å². The SMILES string of the molecule is CC(C1CC1)N(C)CC1(N)CCOCC1. The number of ether oxygens (including phenoxy) is 1. The fourth-order valence-corrected chi connectivity index (χ4v) is 2.52. The van der Waals surface area contributed by atoms with Crippen LogP contribution >= 0.6 is 0 Å². The van der Waals surface area contributed by atoms with E-state index in [4.69, 9.17) is 10.5 Å². The normalized spacial score (nSPS) is 28.0. The quantitative estimate of drug-likeness (QED) is 0.761. The Morgan fingerprint density at radius 1 is 1.40 bits per heavy atom. The molecule has 3 nitrogen and oxygen atoms in total. The third-order valence-electron chi connectivity index (χ3n) is 4.05. The Morgan fingerprint density at radius 2 is 2.00 bits per heavy atom. The molecule has 0 bridgehead atoms. The van der Waals surface area contributed by atoms with Gasteiger partial charge in [-0.3, -0.25) is 0 Å². The first-order valence-electron chi connectivity index (χ1n) is 6.18. The highest BCUT2D eigenvalue weighted by Crippen LogP contribution is 2.35. The first-order valence-corrected chi connectivity index (χ1v) is 6.18. The Morgan fingerprint density at radius 3 is 2.53 bits per heavy atom. The summed E-state index contributed by atoms with van der Waals surface area (Å²) < 4.78 is 5.37. The lowest BCUT2D eigenvalue weighted by atomic mass is 9.90. The van der Waals surface area contributed by atoms with Crippen LogP contribution < -0.4 is 5.73 Å². The fourth-order valence-electron chi connectivity index (χ4n) is 2.52. The summed E-state index contributed by atoms with van der Waals surface area (Å²) in [6.07, 6.45) is 4.84. The monoisotopic (exact) mass is 212 g/mol. The van der Waals surface area contributed by atoms with Crippen LogP contribution in [-0.4, -0.2) is 43.3 Å². The van der Waals surface area contributed by atoms with Crippen LogP contribution in [0.5, 0.6) is 0 Å². The maximum absolute atomic E-state index is 6.40. The number of nitrogens with two attached hydrogens (primary N) is 1. The van der Waals surface area contributed by atoms with E-state index in [1.807, 2.05) is 0 Å². The van der Waals surface area contributed by atoms with Crippen molar-refractivity contribution in [3.05, 3.63) is 0 Å². The van der Waals surface area contributed by atoms with Crippen LogP contribution in [0.1, 0.15) is 32.6 Å². The highest BCUT2D eigenvalue weighted by atomic mass is 16.5. The van der Waals surface area contributed by atoms with Gasteiger partial charge < -0.3 is 15.4 Å². The summed E-state index contributed by atoms with van der Waals surface area (Å²) in [5.74, 6) is 0.929. The van der Waals surface area contributed by atoms with Crippen molar-refractivity contribution in [3.8, 4) is 0 Å². The van der Waals surface area contributed by atoms with Crippen molar-refractivity contribution in [1.29, 1.82) is 0 Å². The summed E-state index contributed by atoms with van der Waals surface area (Å²) >= 11 is 0. The molecule has 0 amide bonds. The standard InChI is InChI=1S/C12H24N2O/c1-10(11-3-4-11)14(2)9-12(13)5-7-15-8-6-12/h10-11H,3-9,13H2,1-2H3. The predicted octanol–water partition coefficient (Wildman–Crippen LogP) is 1.22. The van der Waals surface area contributed by atoms with Gasteiger partial charge in [-0.1, -0.05) is 0 Å². The van der Waals surface area contributed by atoms with Crippen LogP contribution in [0.15, 0.2) is 0 Å². The van der Waals surface area contributed by atoms with E-state index in [9.17, 15) is 0 Å². The van der Waals surface area contributed by atoms with Crippen molar-refractivity contribution in [1.82, 2.24) is 4.90 Å². The average Bonchev–Trinajstić information content (AvgIpc) is 3.00. The molecule has 0 spiro atoms. The van der Waals surface area contributed by atoms with E-state index in [1.165, 1.54) is 12.8 Å². The lowest BCUT2D eigenvalue weighted by Gasteiger charge is -2.38. The van der Waals surface area contributed by atoms with Gasteiger partial charge in [0, 0.05) is 31.3 Å². The van der Waals surface area contributed by atoms with Crippen molar-refractivity contribution in [2.24, 2.45) is 11.7 Å². The van der Waals surface area contributed by atoms with E-state index in [2.05, 4.69) is 18.9 Å². The van der Waals surface area contributed by atoms with E-state index in [0.717, 1.165) is 38.5 Å². The first kappa shape index (κ1) is 11.4. The maximum Gasteiger partial charge on any atom is 0.0484 e. The number of hydrogen-bond donors (Lipinski definition) is 1. The lowest BCUT2D eigenvalue weighted by molar-refractivity contribution is 0.0351. The molecule has 0 radical (unpaired) electrons. The van der Waals surface area contributed by atoms with Gasteiger partial charge in [0.15, 0.2) is 0 Å². The molecule has 2 rings (SSSR count). The zero-order valence-corrected chi connectivity index (χ0v) is 10.0. The number of nitrogens with zero attached hydrogens (tertiary/aromatic N) is 1. The third-order valence-corrected chi connectivity index (χ3v) is 4.05. The lowest BCUT2D eigenvalue weighted by Crippen LogP contribution is -2.54. The van der Waals surface area contributed by atoms with Crippen molar-refractivity contribution < 1.29 is 4.74 Å². The van der Waals surface area contributed by atoms with E-state index >= 15 is 0 Å². The highest BCUT2D eigenvalue weighted by molar-refractivity contribution is 4.92. The van der Waals surface area contributed by atoms with Gasteiger partial charge in [-0.05, 0) is 45.6 Å². The van der Waals surface area contributed by atoms with E-state index in [0.29, 0.717) is 6.04 Å². The molecule has 1 atom stereocenters. The summed E-state index contributed by atoms with van der Waals surface area (Å²) in [7, 11) is 2.22. The van der Waals surface area contributed by atoms with Crippen LogP contribution in [0, 0.1) is 5.92 Å². The van der Waals surface area contributed by atoms with E-state index < -0.39 is 0 Å². The number of rotatable bonds is 4. The second kappa shape index (κ2) is 4.40. The second-order valence-corrected chi connectivity index (χ2v) is 5.47. The van der Waals surface area contributed by atoms with Crippen LogP contribution in [-0.2, 0) is 4.74 Å². The van der Waals surface area contributed by atoms with Crippen molar-refractivity contribution in [2.45, 2.75) is 44.2 Å². The molecule has 88 valence electrons. The van der Waals surface area contributed by atoms with Gasteiger partial charge in [0.2, 0.25) is 0 Å². The largest absolute Gasteiger partial charge is 0.381 e. The van der Waals surface area contributed by atoms with Crippen LogP contribution in [0.4, 0.5) is 0 Å². The topological polar surface area (TPSA) is 38.5 Å². The third kappa shape index (κ3) is 2.92. The van der Waals surface area contributed by atoms with Crippen LogP contribution in [0.25, 0.3) is 0 Å². The Hall–Kier alpha value is -0.120. The Balaban J connectivity index is 1.82. The Bertz CT molecular complexity index is 210. The molecule has 2 fully saturated rings. The molecule has 1 aliphatic carbocycles. The Labute approximate surface area is 93.0 Å². The zero-order valence-electron chi connectivity index (χ0n) is 10.0. The van der Waals surface area contributed by atoms with Gasteiger partial charge in [0.1, 0.15) is 0 Å². The molecule has 0 aromatic heterocycles. The molecule has 2 aliphatic rings. The minimum absolute atomic E-state index is 0.00382. The molecule has 1 unspecified atom stereocenters. The van der Waals surface area contributed by atoms with E-state index in [1.54, 1.807) is 0 Å². The second-order valence-electron chi connectivity index (χ2n) is 5.47. The van der Waals surface area contributed by atoms with Gasteiger partial charge >= 0.3 is 0 Å². The maximum atomic E-state index is 6.40. The number of hydrogen-bond acceptors (Lipinski definition) is 3. The fraction of sp³-hybridized carbons (Fsp3) is 1.00. The Kier molecular flexibility index (Phi) is 3.33. The molecule has 1 aliphatic heterocycles. The average molecular weight is 212 g/mol. The molecular formula is C12H24N2O.